The predicted octanol–water partition coefficient (Wildman–Crippen LogP) is 3.96. The molecule has 4 heteroatoms. The average Bonchev–Trinajstić information content (AvgIpc) is 3.02. The Labute approximate surface area is 125 Å². The summed E-state index contributed by atoms with van der Waals surface area (Å²) in [7, 11) is 0. The molecule has 2 atom stereocenters. The molecule has 1 fully saturated rings. The standard InChI is InChI=1S/C17H22N2O2/c1-12(2)16-9-15(6-7-20-16)19-14-5-3-4-13(8-14)17-10-18-11-21-17/h3-5,8,10-12,15-16,19H,6-7,9H2,1-2H3. The predicted molar refractivity (Wildman–Crippen MR) is 83.2 cm³/mol. The minimum atomic E-state index is 0.355. The zero-order valence-electron chi connectivity index (χ0n) is 12.6. The van der Waals surface area contributed by atoms with E-state index in [1.54, 1.807) is 6.20 Å². The molecule has 0 amide bonds. The van der Waals surface area contributed by atoms with E-state index in [-0.39, 0.29) is 0 Å². The SMILES string of the molecule is CC(C)C1CC(Nc2cccc(-c3cnco3)c2)CCO1. The second kappa shape index (κ2) is 6.31. The van der Waals surface area contributed by atoms with Crippen LogP contribution in [0, 0.1) is 5.92 Å². The first-order valence-corrected chi connectivity index (χ1v) is 7.59. The van der Waals surface area contributed by atoms with Crippen molar-refractivity contribution in [2.45, 2.75) is 38.8 Å². The van der Waals surface area contributed by atoms with Crippen LogP contribution in [-0.4, -0.2) is 23.7 Å². The van der Waals surface area contributed by atoms with Crippen LogP contribution in [0.1, 0.15) is 26.7 Å². The van der Waals surface area contributed by atoms with Crippen molar-refractivity contribution in [3.8, 4) is 11.3 Å². The van der Waals surface area contributed by atoms with E-state index in [9.17, 15) is 0 Å². The highest BCUT2D eigenvalue weighted by molar-refractivity contribution is 5.63. The molecule has 112 valence electrons. The molecule has 21 heavy (non-hydrogen) atoms. The third-order valence-electron chi connectivity index (χ3n) is 4.01. The van der Waals surface area contributed by atoms with Crippen molar-refractivity contribution < 1.29 is 9.15 Å². The van der Waals surface area contributed by atoms with E-state index in [1.807, 2.05) is 12.1 Å². The van der Waals surface area contributed by atoms with Crippen molar-refractivity contribution in [2.24, 2.45) is 5.92 Å². The number of oxazole rings is 1. The highest BCUT2D eigenvalue weighted by Gasteiger charge is 2.24. The lowest BCUT2D eigenvalue weighted by atomic mass is 9.95. The van der Waals surface area contributed by atoms with Gasteiger partial charge in [0.2, 0.25) is 0 Å². The Morgan fingerprint density at radius 1 is 1.33 bits per heavy atom. The fraction of sp³-hybridized carbons (Fsp3) is 0.471. The number of nitrogens with one attached hydrogen (secondary N) is 1. The van der Waals surface area contributed by atoms with E-state index in [4.69, 9.17) is 9.15 Å². The van der Waals surface area contributed by atoms with Crippen LogP contribution < -0.4 is 5.32 Å². The van der Waals surface area contributed by atoms with E-state index in [2.05, 4.69) is 36.3 Å². The van der Waals surface area contributed by atoms with Gasteiger partial charge in [-0.3, -0.25) is 0 Å². The lowest BCUT2D eigenvalue weighted by molar-refractivity contribution is -0.0160. The number of hydrogen-bond donors (Lipinski definition) is 1. The van der Waals surface area contributed by atoms with Gasteiger partial charge >= 0.3 is 0 Å². The van der Waals surface area contributed by atoms with Gasteiger partial charge in [0.05, 0.1) is 12.3 Å². The van der Waals surface area contributed by atoms with Gasteiger partial charge < -0.3 is 14.5 Å². The van der Waals surface area contributed by atoms with E-state index in [0.717, 1.165) is 36.5 Å². The monoisotopic (exact) mass is 286 g/mol. The first kappa shape index (κ1) is 14.1. The first-order valence-electron chi connectivity index (χ1n) is 7.59. The van der Waals surface area contributed by atoms with Gasteiger partial charge in [-0.1, -0.05) is 26.0 Å². The van der Waals surface area contributed by atoms with Crippen molar-refractivity contribution in [1.29, 1.82) is 0 Å². The molecule has 1 aliphatic rings. The molecule has 3 rings (SSSR count). The van der Waals surface area contributed by atoms with Crippen molar-refractivity contribution in [3.63, 3.8) is 0 Å². The van der Waals surface area contributed by atoms with Crippen LogP contribution in [0.15, 0.2) is 41.3 Å². The number of hydrogen-bond acceptors (Lipinski definition) is 4. The lowest BCUT2D eigenvalue weighted by Crippen LogP contribution is -2.36. The third-order valence-corrected chi connectivity index (χ3v) is 4.01. The summed E-state index contributed by atoms with van der Waals surface area (Å²) in [6, 6.07) is 8.75. The van der Waals surface area contributed by atoms with Crippen molar-refractivity contribution in [3.05, 3.63) is 36.9 Å². The topological polar surface area (TPSA) is 47.3 Å². The summed E-state index contributed by atoms with van der Waals surface area (Å²) in [6.45, 7) is 5.28. The maximum absolute atomic E-state index is 5.83. The van der Waals surface area contributed by atoms with Crippen LogP contribution in [0.4, 0.5) is 5.69 Å². The molecule has 0 aliphatic carbocycles. The molecule has 0 bridgehead atoms. The second-order valence-electron chi connectivity index (χ2n) is 5.97. The quantitative estimate of drug-likeness (QED) is 0.924. The van der Waals surface area contributed by atoms with Gasteiger partial charge in [0.15, 0.2) is 12.2 Å². The third kappa shape index (κ3) is 3.45. The Morgan fingerprint density at radius 2 is 2.24 bits per heavy atom. The molecular formula is C17H22N2O2. The van der Waals surface area contributed by atoms with Crippen LogP contribution >= 0.6 is 0 Å². The summed E-state index contributed by atoms with van der Waals surface area (Å²) in [6.07, 6.45) is 5.66. The summed E-state index contributed by atoms with van der Waals surface area (Å²) < 4.78 is 11.2. The van der Waals surface area contributed by atoms with Gasteiger partial charge in [-0.25, -0.2) is 4.98 Å². The number of rotatable bonds is 4. The molecule has 0 saturated carbocycles. The molecule has 1 N–H and O–H groups in total. The van der Waals surface area contributed by atoms with Crippen molar-refractivity contribution in [2.75, 3.05) is 11.9 Å². The Hall–Kier alpha value is -1.81. The van der Waals surface area contributed by atoms with Gasteiger partial charge in [0.1, 0.15) is 0 Å². The molecule has 1 aromatic heterocycles. The average molecular weight is 286 g/mol. The zero-order chi connectivity index (χ0) is 14.7. The normalized spacial score (nSPS) is 22.4. The van der Waals surface area contributed by atoms with Gasteiger partial charge in [-0.05, 0) is 30.9 Å². The molecule has 0 spiro atoms. The van der Waals surface area contributed by atoms with E-state index in [0.29, 0.717) is 18.1 Å². The summed E-state index contributed by atoms with van der Waals surface area (Å²) in [5, 5.41) is 3.63. The fourth-order valence-electron chi connectivity index (χ4n) is 2.78. The van der Waals surface area contributed by atoms with Gasteiger partial charge in [-0.15, -0.1) is 0 Å². The van der Waals surface area contributed by atoms with E-state index < -0.39 is 0 Å². The number of benzene rings is 1. The van der Waals surface area contributed by atoms with Crippen LogP contribution in [0.25, 0.3) is 11.3 Å². The van der Waals surface area contributed by atoms with Gasteiger partial charge in [-0.2, -0.15) is 0 Å². The molecule has 1 aliphatic heterocycles. The molecule has 2 aromatic rings. The van der Waals surface area contributed by atoms with Gasteiger partial charge in [0, 0.05) is 23.9 Å². The number of anilines is 1. The van der Waals surface area contributed by atoms with E-state index >= 15 is 0 Å². The summed E-state index contributed by atoms with van der Waals surface area (Å²) >= 11 is 0. The maximum atomic E-state index is 5.83. The Balaban J connectivity index is 1.69. The molecule has 4 nitrogen and oxygen atoms in total. The molecular weight excluding hydrogens is 264 g/mol. The zero-order valence-corrected chi connectivity index (χ0v) is 12.6. The highest BCUT2D eigenvalue weighted by Crippen LogP contribution is 2.26. The van der Waals surface area contributed by atoms with Crippen LogP contribution in [0.3, 0.4) is 0 Å². The highest BCUT2D eigenvalue weighted by atomic mass is 16.5. The molecule has 2 heterocycles. The minimum Gasteiger partial charge on any atom is -0.444 e. The Morgan fingerprint density at radius 3 is 3.00 bits per heavy atom. The Bertz CT molecular complexity index is 566. The Kier molecular flexibility index (Phi) is 4.25. The van der Waals surface area contributed by atoms with Crippen molar-refractivity contribution >= 4 is 5.69 Å². The minimum absolute atomic E-state index is 0.355. The molecule has 0 radical (unpaired) electrons. The van der Waals surface area contributed by atoms with Crippen LogP contribution in [0.2, 0.25) is 0 Å². The first-order chi connectivity index (χ1) is 10.2. The van der Waals surface area contributed by atoms with Crippen LogP contribution in [0.5, 0.6) is 0 Å². The molecule has 2 unspecified atom stereocenters. The number of ether oxygens (including phenoxy) is 1. The fourth-order valence-corrected chi connectivity index (χ4v) is 2.78. The van der Waals surface area contributed by atoms with Gasteiger partial charge in [0.25, 0.3) is 0 Å². The maximum Gasteiger partial charge on any atom is 0.181 e. The summed E-state index contributed by atoms with van der Waals surface area (Å²) in [5.41, 5.74) is 2.17. The number of nitrogens with zero attached hydrogens (tertiary/aromatic N) is 1. The summed E-state index contributed by atoms with van der Waals surface area (Å²) in [5.74, 6) is 1.36. The smallest absolute Gasteiger partial charge is 0.181 e. The second-order valence-corrected chi connectivity index (χ2v) is 5.97. The number of aromatic nitrogens is 1. The van der Waals surface area contributed by atoms with Crippen molar-refractivity contribution in [1.82, 2.24) is 4.98 Å². The van der Waals surface area contributed by atoms with Crippen LogP contribution in [-0.2, 0) is 4.74 Å². The lowest BCUT2D eigenvalue weighted by Gasteiger charge is -2.33. The molecule has 1 aromatic carbocycles. The summed E-state index contributed by atoms with van der Waals surface area (Å²) in [4.78, 5) is 3.97. The van der Waals surface area contributed by atoms with E-state index in [1.165, 1.54) is 6.39 Å². The largest absolute Gasteiger partial charge is 0.444 e. The molecule has 1 saturated heterocycles.